The third-order valence-corrected chi connectivity index (χ3v) is 1.32. The molecule has 0 spiro atoms. The molecule has 0 bridgehead atoms. The van der Waals surface area contributed by atoms with Gasteiger partial charge in [-0.25, -0.2) is 4.99 Å². The van der Waals surface area contributed by atoms with Crippen LogP contribution in [0.2, 0.25) is 0 Å². The lowest BCUT2D eigenvalue weighted by molar-refractivity contribution is 1.04. The first-order chi connectivity index (χ1) is 6.29. The highest BCUT2D eigenvalue weighted by Gasteiger charge is 1.81. The Morgan fingerprint density at radius 3 is 2.54 bits per heavy atom. The third kappa shape index (κ3) is 4.06. The first-order valence-corrected chi connectivity index (χ1v) is 4.13. The molecule has 1 N–H and O–H groups in total. The van der Waals surface area contributed by atoms with Crippen molar-refractivity contribution in [3.63, 3.8) is 0 Å². The molecule has 0 radical (unpaired) electrons. The molecule has 0 saturated carbocycles. The number of hydrogen-bond donors (Lipinski definition) is 1. The second-order valence-corrected chi connectivity index (χ2v) is 2.78. The number of hydrazone groups is 1. The average molecular weight is 175 g/mol. The molecule has 0 aliphatic rings. The molecule has 1 aromatic rings. The van der Waals surface area contributed by atoms with Crippen molar-refractivity contribution in [1.29, 1.82) is 0 Å². The van der Waals surface area contributed by atoms with Crippen LogP contribution in [0.5, 0.6) is 0 Å². The van der Waals surface area contributed by atoms with Gasteiger partial charge in [0.25, 0.3) is 0 Å². The quantitative estimate of drug-likeness (QED) is 0.427. The zero-order valence-corrected chi connectivity index (χ0v) is 7.86. The summed E-state index contributed by atoms with van der Waals surface area (Å²) in [6.07, 6.45) is 1.57. The van der Waals surface area contributed by atoms with E-state index >= 15 is 0 Å². The normalized spacial score (nSPS) is 10.0. The fourth-order valence-electron chi connectivity index (χ4n) is 0.775. The Morgan fingerprint density at radius 2 is 1.92 bits per heavy atom. The van der Waals surface area contributed by atoms with Crippen LogP contribution in [0, 0.1) is 0 Å². The Kier molecular flexibility index (Phi) is 3.70. The Labute approximate surface area is 78.2 Å². The number of hydrogen-bond acceptors (Lipinski definition) is 2. The number of benzene rings is 1. The number of nitrogens with one attached hydrogen (secondary N) is 1. The van der Waals surface area contributed by atoms with Crippen LogP contribution in [0.1, 0.15) is 13.8 Å². The highest BCUT2D eigenvalue weighted by molar-refractivity contribution is 5.79. The van der Waals surface area contributed by atoms with Gasteiger partial charge in [0.05, 0.1) is 5.69 Å². The zero-order chi connectivity index (χ0) is 9.52. The Hall–Kier alpha value is -1.64. The van der Waals surface area contributed by atoms with Crippen LogP contribution >= 0.6 is 0 Å². The molecule has 1 rings (SSSR count). The highest BCUT2D eigenvalue weighted by atomic mass is 15.3. The Bertz CT molecular complexity index is 297. The lowest BCUT2D eigenvalue weighted by Crippen LogP contribution is -2.03. The van der Waals surface area contributed by atoms with E-state index in [2.05, 4.69) is 15.5 Å². The predicted octanol–water partition coefficient (Wildman–Crippen LogP) is 2.33. The van der Waals surface area contributed by atoms with Crippen LogP contribution in [0.4, 0.5) is 5.69 Å². The third-order valence-electron chi connectivity index (χ3n) is 1.32. The molecule has 0 aliphatic heterocycles. The summed E-state index contributed by atoms with van der Waals surface area (Å²) in [5.41, 5.74) is 4.62. The fraction of sp³-hybridized carbons (Fsp3) is 0.200. The van der Waals surface area contributed by atoms with Crippen LogP contribution in [0.3, 0.4) is 0 Å². The van der Waals surface area contributed by atoms with Gasteiger partial charge in [-0.05, 0) is 26.0 Å². The molecule has 0 fully saturated rings. The Morgan fingerprint density at radius 1 is 1.23 bits per heavy atom. The van der Waals surface area contributed by atoms with Crippen LogP contribution in [0.25, 0.3) is 0 Å². The van der Waals surface area contributed by atoms with Crippen molar-refractivity contribution in [2.24, 2.45) is 10.1 Å². The van der Waals surface area contributed by atoms with Crippen molar-refractivity contribution in [3.8, 4) is 0 Å². The van der Waals surface area contributed by atoms with Gasteiger partial charge in [0.15, 0.2) is 0 Å². The van der Waals surface area contributed by atoms with Crippen molar-refractivity contribution in [3.05, 3.63) is 30.3 Å². The molecule has 0 unspecified atom stereocenters. The first kappa shape index (κ1) is 9.45. The van der Waals surface area contributed by atoms with E-state index < -0.39 is 0 Å². The second-order valence-electron chi connectivity index (χ2n) is 2.78. The van der Waals surface area contributed by atoms with Gasteiger partial charge in [-0.1, -0.05) is 18.2 Å². The maximum Gasteiger partial charge on any atom is 0.109 e. The predicted molar refractivity (Wildman–Crippen MR) is 56.5 cm³/mol. The lowest BCUT2D eigenvalue weighted by Gasteiger charge is -1.92. The molecule has 0 heterocycles. The smallest absolute Gasteiger partial charge is 0.109 e. The maximum atomic E-state index is 4.14. The molecule has 0 aromatic heterocycles. The summed E-state index contributed by atoms with van der Waals surface area (Å²) < 4.78 is 0. The van der Waals surface area contributed by atoms with E-state index in [-0.39, 0.29) is 0 Å². The van der Waals surface area contributed by atoms with E-state index in [0.29, 0.717) is 0 Å². The number of aliphatic imine (C=N–C) groups is 1. The minimum atomic E-state index is 0.916. The second kappa shape index (κ2) is 5.09. The lowest BCUT2D eigenvalue weighted by atomic mass is 10.3. The summed E-state index contributed by atoms with van der Waals surface area (Å²) in [6.45, 7) is 3.84. The summed E-state index contributed by atoms with van der Waals surface area (Å²) in [5.74, 6) is 0. The van der Waals surface area contributed by atoms with Gasteiger partial charge in [0.1, 0.15) is 6.34 Å². The molecule has 0 amide bonds. The van der Waals surface area contributed by atoms with E-state index in [4.69, 9.17) is 0 Å². The number of nitrogens with zero attached hydrogens (tertiary/aromatic N) is 2. The average Bonchev–Trinajstić information content (AvgIpc) is 2.14. The number of para-hydroxylation sites is 1. The molecular weight excluding hydrogens is 162 g/mol. The van der Waals surface area contributed by atoms with Crippen molar-refractivity contribution in [1.82, 2.24) is 5.43 Å². The van der Waals surface area contributed by atoms with Crippen LogP contribution in [0.15, 0.2) is 40.4 Å². The summed E-state index contributed by atoms with van der Waals surface area (Å²) in [7, 11) is 0. The van der Waals surface area contributed by atoms with Crippen molar-refractivity contribution >= 4 is 17.7 Å². The Balaban J connectivity index is 2.46. The van der Waals surface area contributed by atoms with Gasteiger partial charge in [0, 0.05) is 5.71 Å². The molecule has 3 heteroatoms. The largest absolute Gasteiger partial charge is 0.268 e. The van der Waals surface area contributed by atoms with Gasteiger partial charge in [-0.3, -0.25) is 5.43 Å². The zero-order valence-electron chi connectivity index (χ0n) is 7.86. The van der Waals surface area contributed by atoms with E-state index in [1.165, 1.54) is 0 Å². The molecule has 0 saturated heterocycles. The van der Waals surface area contributed by atoms with Crippen molar-refractivity contribution < 1.29 is 0 Å². The summed E-state index contributed by atoms with van der Waals surface area (Å²) in [6, 6.07) is 9.71. The van der Waals surface area contributed by atoms with Gasteiger partial charge in [0.2, 0.25) is 0 Å². The van der Waals surface area contributed by atoms with Gasteiger partial charge >= 0.3 is 0 Å². The molecule has 13 heavy (non-hydrogen) atoms. The van der Waals surface area contributed by atoms with E-state index in [0.717, 1.165) is 11.4 Å². The topological polar surface area (TPSA) is 36.8 Å². The minimum Gasteiger partial charge on any atom is -0.268 e. The number of rotatable bonds is 3. The van der Waals surface area contributed by atoms with Crippen molar-refractivity contribution in [2.45, 2.75) is 13.8 Å². The summed E-state index contributed by atoms with van der Waals surface area (Å²) in [4.78, 5) is 4.14. The highest BCUT2D eigenvalue weighted by Crippen LogP contribution is 2.07. The first-order valence-electron chi connectivity index (χ1n) is 4.13. The van der Waals surface area contributed by atoms with Crippen LogP contribution in [-0.2, 0) is 0 Å². The fourth-order valence-corrected chi connectivity index (χ4v) is 0.775. The standard InChI is InChI=1S/C10H13N3/c1-9(2)13-12-8-11-10-6-4-3-5-7-10/h3-8H,1-2H3,(H,11,12). The van der Waals surface area contributed by atoms with Crippen molar-refractivity contribution in [2.75, 3.05) is 0 Å². The van der Waals surface area contributed by atoms with Gasteiger partial charge < -0.3 is 0 Å². The molecule has 0 atom stereocenters. The molecule has 1 aromatic carbocycles. The maximum absolute atomic E-state index is 4.14. The van der Waals surface area contributed by atoms with E-state index in [1.54, 1.807) is 6.34 Å². The van der Waals surface area contributed by atoms with E-state index in [1.807, 2.05) is 44.2 Å². The monoisotopic (exact) mass is 175 g/mol. The molecular formula is C10H13N3. The van der Waals surface area contributed by atoms with Gasteiger partial charge in [-0.15, -0.1) is 0 Å². The summed E-state index contributed by atoms with van der Waals surface area (Å²) >= 11 is 0. The molecule has 68 valence electrons. The van der Waals surface area contributed by atoms with Crippen LogP contribution in [-0.4, -0.2) is 12.1 Å². The van der Waals surface area contributed by atoms with Gasteiger partial charge in [-0.2, -0.15) is 5.10 Å². The SMILES string of the molecule is CC(C)=NNC=Nc1ccccc1. The molecule has 3 nitrogen and oxygen atoms in total. The van der Waals surface area contributed by atoms with Crippen LogP contribution < -0.4 is 5.43 Å². The summed E-state index contributed by atoms with van der Waals surface area (Å²) in [5, 5.41) is 3.96. The van der Waals surface area contributed by atoms with E-state index in [9.17, 15) is 0 Å². The minimum absolute atomic E-state index is 0.916. The molecule has 0 aliphatic carbocycles.